The Morgan fingerprint density at radius 3 is 2.07 bits per heavy atom. The van der Waals surface area contributed by atoms with Crippen LogP contribution in [0.2, 0.25) is 18.1 Å². The first-order valence-corrected chi connectivity index (χ1v) is 13.5. The van der Waals surface area contributed by atoms with Gasteiger partial charge in [-0.25, -0.2) is 0 Å². The molecule has 0 saturated heterocycles. The fourth-order valence-electron chi connectivity index (χ4n) is 3.06. The van der Waals surface area contributed by atoms with Crippen LogP contribution in [0.15, 0.2) is 23.8 Å². The van der Waals surface area contributed by atoms with Crippen LogP contribution in [0.25, 0.3) is 0 Å². The molecular weight excluding hydrogens is 384 g/mol. The molecule has 0 aromatic rings. The summed E-state index contributed by atoms with van der Waals surface area (Å²) < 4.78 is 23.4. The smallest absolute Gasteiger partial charge is 0.192 e. The van der Waals surface area contributed by atoms with E-state index in [2.05, 4.69) is 47.7 Å². The van der Waals surface area contributed by atoms with Crippen molar-refractivity contribution < 1.29 is 23.7 Å². The highest BCUT2D eigenvalue weighted by atomic mass is 28.4. The standard InChI is InChI=1S/C23H46O5Si/c1-18(13-11-12-16-24)21(25-6)17-20(28-29(9,10)23(3,4)5)15-14-19(2)22(26-7)27-8/h11-13,19-22,24H,14-17H2,1-10H3/b12-11+,18-13+/t19-,20+,21+/m1/s1. The Kier molecular flexibility index (Phi) is 13.5. The van der Waals surface area contributed by atoms with E-state index in [0.29, 0.717) is 0 Å². The summed E-state index contributed by atoms with van der Waals surface area (Å²) in [6.45, 7) is 15.6. The second-order valence-electron chi connectivity index (χ2n) is 9.38. The first-order chi connectivity index (χ1) is 13.4. The molecule has 0 rings (SSSR count). The molecule has 0 aliphatic carbocycles. The fraction of sp³-hybridized carbons (Fsp3) is 0.826. The van der Waals surface area contributed by atoms with Gasteiger partial charge < -0.3 is 23.7 Å². The number of aliphatic hydroxyl groups excluding tert-OH is 1. The molecule has 0 aliphatic rings. The highest BCUT2D eigenvalue weighted by molar-refractivity contribution is 6.74. The zero-order chi connectivity index (χ0) is 22.7. The molecule has 6 heteroatoms. The Morgan fingerprint density at radius 2 is 1.62 bits per heavy atom. The van der Waals surface area contributed by atoms with E-state index in [9.17, 15) is 0 Å². The van der Waals surface area contributed by atoms with E-state index in [-0.39, 0.29) is 36.1 Å². The first kappa shape index (κ1) is 28.5. The molecule has 0 amide bonds. The molecule has 0 aromatic heterocycles. The van der Waals surface area contributed by atoms with E-state index >= 15 is 0 Å². The molecule has 3 atom stereocenters. The third kappa shape index (κ3) is 10.4. The van der Waals surface area contributed by atoms with Crippen LogP contribution in [0.4, 0.5) is 0 Å². The molecule has 0 bridgehead atoms. The summed E-state index contributed by atoms with van der Waals surface area (Å²) >= 11 is 0. The normalized spacial score (nSPS) is 17.2. The molecule has 0 aliphatic heterocycles. The molecule has 0 radical (unpaired) electrons. The number of hydrogen-bond acceptors (Lipinski definition) is 5. The average Bonchev–Trinajstić information content (AvgIpc) is 2.63. The number of rotatable bonds is 14. The molecule has 0 heterocycles. The minimum atomic E-state index is -1.91. The monoisotopic (exact) mass is 430 g/mol. The highest BCUT2D eigenvalue weighted by Crippen LogP contribution is 2.38. The van der Waals surface area contributed by atoms with Gasteiger partial charge in [-0.15, -0.1) is 0 Å². The lowest BCUT2D eigenvalue weighted by Gasteiger charge is -2.40. The summed E-state index contributed by atoms with van der Waals surface area (Å²) in [7, 11) is 3.20. The Hall–Kier alpha value is -0.503. The average molecular weight is 431 g/mol. The number of hydrogen-bond donors (Lipinski definition) is 1. The number of allylic oxidation sites excluding steroid dienone is 2. The van der Waals surface area contributed by atoms with Crippen LogP contribution >= 0.6 is 0 Å². The van der Waals surface area contributed by atoms with Crippen LogP contribution in [0, 0.1) is 5.92 Å². The van der Waals surface area contributed by atoms with Gasteiger partial charge in [-0.05, 0) is 43.5 Å². The maximum atomic E-state index is 8.95. The van der Waals surface area contributed by atoms with Gasteiger partial charge in [-0.2, -0.15) is 0 Å². The van der Waals surface area contributed by atoms with Gasteiger partial charge >= 0.3 is 0 Å². The van der Waals surface area contributed by atoms with Gasteiger partial charge in [0.25, 0.3) is 0 Å². The zero-order valence-corrected chi connectivity index (χ0v) is 21.5. The molecule has 172 valence electrons. The lowest BCUT2D eigenvalue weighted by Crippen LogP contribution is -2.45. The molecular formula is C23H46O5Si. The van der Waals surface area contributed by atoms with E-state index in [1.54, 1.807) is 27.4 Å². The lowest BCUT2D eigenvalue weighted by molar-refractivity contribution is -0.135. The van der Waals surface area contributed by atoms with Gasteiger partial charge in [0, 0.05) is 39.8 Å². The zero-order valence-electron chi connectivity index (χ0n) is 20.5. The second-order valence-corrected chi connectivity index (χ2v) is 14.1. The molecule has 0 unspecified atom stereocenters. The Labute approximate surface area is 180 Å². The Bertz CT molecular complexity index is 492. The van der Waals surface area contributed by atoms with Crippen molar-refractivity contribution in [2.24, 2.45) is 5.92 Å². The van der Waals surface area contributed by atoms with Crippen LogP contribution < -0.4 is 0 Å². The number of ether oxygens (including phenoxy) is 3. The van der Waals surface area contributed by atoms with Crippen molar-refractivity contribution in [2.75, 3.05) is 27.9 Å². The fourth-order valence-corrected chi connectivity index (χ4v) is 4.46. The van der Waals surface area contributed by atoms with Crippen molar-refractivity contribution in [3.8, 4) is 0 Å². The second kappa shape index (κ2) is 13.7. The third-order valence-corrected chi connectivity index (χ3v) is 10.5. The maximum absolute atomic E-state index is 8.95. The van der Waals surface area contributed by atoms with E-state index in [0.717, 1.165) is 24.8 Å². The van der Waals surface area contributed by atoms with E-state index < -0.39 is 8.32 Å². The van der Waals surface area contributed by atoms with Gasteiger partial charge in [-0.3, -0.25) is 0 Å². The summed E-state index contributed by atoms with van der Waals surface area (Å²) in [5.41, 5.74) is 1.13. The van der Waals surface area contributed by atoms with Crippen molar-refractivity contribution in [3.05, 3.63) is 23.8 Å². The molecule has 0 fully saturated rings. The molecule has 29 heavy (non-hydrogen) atoms. The summed E-state index contributed by atoms with van der Waals surface area (Å²) in [4.78, 5) is 0. The van der Waals surface area contributed by atoms with Crippen molar-refractivity contribution in [1.82, 2.24) is 0 Å². The van der Waals surface area contributed by atoms with E-state index in [1.165, 1.54) is 0 Å². The summed E-state index contributed by atoms with van der Waals surface area (Å²) in [5.74, 6) is 0.278. The molecule has 1 N–H and O–H groups in total. The van der Waals surface area contributed by atoms with Gasteiger partial charge in [-0.1, -0.05) is 45.9 Å². The van der Waals surface area contributed by atoms with Crippen LogP contribution in [0.3, 0.4) is 0 Å². The summed E-state index contributed by atoms with van der Waals surface area (Å²) in [6.07, 6.45) is 8.15. The minimum absolute atomic E-state index is 0.0240. The SMILES string of the molecule is COC(OC)[C@H](C)CC[C@@H](C[C@H](OC)/C(C)=C/C=C/CO)O[Si](C)(C)C(C)(C)C. The Morgan fingerprint density at radius 1 is 1.03 bits per heavy atom. The summed E-state index contributed by atoms with van der Waals surface area (Å²) in [5, 5.41) is 9.10. The lowest BCUT2D eigenvalue weighted by atomic mass is 9.97. The van der Waals surface area contributed by atoms with Crippen molar-refractivity contribution in [3.63, 3.8) is 0 Å². The summed E-state index contributed by atoms with van der Waals surface area (Å²) in [6, 6.07) is 0. The van der Waals surface area contributed by atoms with Gasteiger partial charge in [0.2, 0.25) is 0 Å². The van der Waals surface area contributed by atoms with Crippen LogP contribution in [-0.2, 0) is 18.6 Å². The topological polar surface area (TPSA) is 57.2 Å². The third-order valence-electron chi connectivity index (χ3n) is 6.01. The van der Waals surface area contributed by atoms with Crippen LogP contribution in [-0.4, -0.2) is 59.9 Å². The molecule has 0 aromatic carbocycles. The minimum Gasteiger partial charge on any atom is -0.414 e. The predicted molar refractivity (Wildman–Crippen MR) is 124 cm³/mol. The van der Waals surface area contributed by atoms with Crippen molar-refractivity contribution >= 4 is 8.32 Å². The van der Waals surface area contributed by atoms with Crippen molar-refractivity contribution in [2.45, 2.75) is 90.5 Å². The van der Waals surface area contributed by atoms with Crippen molar-refractivity contribution in [1.29, 1.82) is 0 Å². The molecule has 0 spiro atoms. The van der Waals surface area contributed by atoms with Gasteiger partial charge in [0.1, 0.15) is 0 Å². The van der Waals surface area contributed by atoms with Gasteiger partial charge in [0.05, 0.1) is 12.7 Å². The largest absolute Gasteiger partial charge is 0.414 e. The number of aliphatic hydroxyl groups is 1. The maximum Gasteiger partial charge on any atom is 0.192 e. The highest BCUT2D eigenvalue weighted by Gasteiger charge is 2.39. The van der Waals surface area contributed by atoms with Crippen LogP contribution in [0.5, 0.6) is 0 Å². The molecule has 0 saturated carbocycles. The first-order valence-electron chi connectivity index (χ1n) is 10.6. The van der Waals surface area contributed by atoms with Crippen LogP contribution in [0.1, 0.15) is 53.9 Å². The number of methoxy groups -OCH3 is 3. The van der Waals surface area contributed by atoms with Gasteiger partial charge in [0.15, 0.2) is 14.6 Å². The quantitative estimate of drug-likeness (QED) is 0.230. The Balaban J connectivity index is 5.39. The van der Waals surface area contributed by atoms with E-state index in [1.807, 2.05) is 12.2 Å². The molecule has 5 nitrogen and oxygen atoms in total. The van der Waals surface area contributed by atoms with E-state index in [4.69, 9.17) is 23.7 Å². The predicted octanol–water partition coefficient (Wildman–Crippen LogP) is 5.31.